The van der Waals surface area contributed by atoms with Gasteiger partial charge in [0.05, 0.1) is 11.6 Å². The normalized spacial score (nSPS) is 14.1. The van der Waals surface area contributed by atoms with E-state index in [9.17, 15) is 4.79 Å². The highest BCUT2D eigenvalue weighted by molar-refractivity contribution is 5.94. The highest BCUT2D eigenvalue weighted by Crippen LogP contribution is 2.16. The molecule has 0 bridgehead atoms. The minimum absolute atomic E-state index is 0.00211. The third-order valence-corrected chi connectivity index (χ3v) is 4.16. The number of nitrogens with zero attached hydrogens (tertiary/aromatic N) is 5. The summed E-state index contributed by atoms with van der Waals surface area (Å²) in [6.45, 7) is 5.53. The van der Waals surface area contributed by atoms with Crippen LogP contribution in [0.25, 0.3) is 0 Å². The summed E-state index contributed by atoms with van der Waals surface area (Å²) in [5, 5.41) is 20.4. The molecule has 1 N–H and O–H groups in total. The van der Waals surface area contributed by atoms with Crippen molar-refractivity contribution in [3.05, 3.63) is 47.5 Å². The van der Waals surface area contributed by atoms with Gasteiger partial charge in [0.15, 0.2) is 5.82 Å². The third kappa shape index (κ3) is 3.86. The summed E-state index contributed by atoms with van der Waals surface area (Å²) < 4.78 is 0. The Bertz CT molecular complexity index is 758. The van der Waals surface area contributed by atoms with Crippen molar-refractivity contribution >= 4 is 17.5 Å². The van der Waals surface area contributed by atoms with Gasteiger partial charge in [-0.25, -0.2) is 0 Å². The molecule has 7 heteroatoms. The van der Waals surface area contributed by atoms with E-state index < -0.39 is 0 Å². The smallest absolute Gasteiger partial charge is 0.253 e. The zero-order valence-electron chi connectivity index (χ0n) is 14.1. The summed E-state index contributed by atoms with van der Waals surface area (Å²) in [5.74, 6) is 1.59. The van der Waals surface area contributed by atoms with E-state index >= 15 is 0 Å². The van der Waals surface area contributed by atoms with Gasteiger partial charge in [0.25, 0.3) is 5.91 Å². The molecule has 2 aromatic rings. The molecule has 1 aliphatic heterocycles. The Labute approximate surface area is 146 Å². The van der Waals surface area contributed by atoms with E-state index in [4.69, 9.17) is 5.26 Å². The highest BCUT2D eigenvalue weighted by Gasteiger charge is 2.23. The van der Waals surface area contributed by atoms with Crippen molar-refractivity contribution in [1.29, 1.82) is 5.26 Å². The fourth-order valence-electron chi connectivity index (χ4n) is 2.78. The SMILES string of the molecule is CCNc1ccc(N2CCN(C(=O)c3ccc(C#N)cc3)CC2)nn1. The van der Waals surface area contributed by atoms with Gasteiger partial charge >= 0.3 is 0 Å². The first-order valence-corrected chi connectivity index (χ1v) is 8.33. The third-order valence-electron chi connectivity index (χ3n) is 4.16. The van der Waals surface area contributed by atoms with Gasteiger partial charge < -0.3 is 15.1 Å². The molecule has 1 aromatic carbocycles. The van der Waals surface area contributed by atoms with Crippen LogP contribution >= 0.6 is 0 Å². The fourth-order valence-corrected chi connectivity index (χ4v) is 2.78. The predicted octanol–water partition coefficient (Wildman–Crippen LogP) is 1.74. The van der Waals surface area contributed by atoms with E-state index in [0.717, 1.165) is 31.3 Å². The van der Waals surface area contributed by atoms with Gasteiger partial charge in [-0.05, 0) is 43.3 Å². The molecule has 1 amide bonds. The van der Waals surface area contributed by atoms with E-state index in [0.29, 0.717) is 24.2 Å². The van der Waals surface area contributed by atoms with Crippen molar-refractivity contribution in [2.75, 3.05) is 42.9 Å². The van der Waals surface area contributed by atoms with Gasteiger partial charge in [0.2, 0.25) is 0 Å². The molecule has 1 fully saturated rings. The molecule has 0 aliphatic carbocycles. The van der Waals surface area contributed by atoms with Gasteiger partial charge in [-0.2, -0.15) is 5.26 Å². The van der Waals surface area contributed by atoms with Crippen molar-refractivity contribution in [3.63, 3.8) is 0 Å². The first-order valence-electron chi connectivity index (χ1n) is 8.33. The lowest BCUT2D eigenvalue weighted by molar-refractivity contribution is 0.0746. The number of hydrogen-bond acceptors (Lipinski definition) is 6. The van der Waals surface area contributed by atoms with Crippen LogP contribution in [0.3, 0.4) is 0 Å². The Morgan fingerprint density at radius 1 is 1.12 bits per heavy atom. The van der Waals surface area contributed by atoms with Crippen molar-refractivity contribution in [1.82, 2.24) is 15.1 Å². The molecule has 7 nitrogen and oxygen atoms in total. The molecule has 0 spiro atoms. The van der Waals surface area contributed by atoms with E-state index in [1.165, 1.54) is 0 Å². The quantitative estimate of drug-likeness (QED) is 0.915. The summed E-state index contributed by atoms with van der Waals surface area (Å²) in [5.41, 5.74) is 1.17. The predicted molar refractivity (Wildman–Crippen MR) is 95.5 cm³/mol. The summed E-state index contributed by atoms with van der Waals surface area (Å²) in [7, 11) is 0. The van der Waals surface area contributed by atoms with Crippen LogP contribution in [0.1, 0.15) is 22.8 Å². The molecule has 25 heavy (non-hydrogen) atoms. The monoisotopic (exact) mass is 336 g/mol. The zero-order valence-corrected chi connectivity index (χ0v) is 14.1. The number of aromatic nitrogens is 2. The fraction of sp³-hybridized carbons (Fsp3) is 0.333. The molecule has 3 rings (SSSR count). The Kier molecular flexibility index (Phi) is 5.09. The van der Waals surface area contributed by atoms with Crippen LogP contribution in [0.5, 0.6) is 0 Å². The summed E-state index contributed by atoms with van der Waals surface area (Å²) in [6, 6.07) is 12.7. The average Bonchev–Trinajstić information content (AvgIpc) is 2.68. The lowest BCUT2D eigenvalue weighted by atomic mass is 10.1. The van der Waals surface area contributed by atoms with Crippen LogP contribution in [-0.2, 0) is 0 Å². The Balaban J connectivity index is 1.59. The summed E-state index contributed by atoms with van der Waals surface area (Å²) in [6.07, 6.45) is 0. The number of piperazine rings is 1. The number of rotatable bonds is 4. The molecular formula is C18H20N6O. The zero-order chi connectivity index (χ0) is 17.6. The maximum atomic E-state index is 12.5. The molecule has 0 atom stereocenters. The number of carbonyl (C=O) groups excluding carboxylic acids is 1. The van der Waals surface area contributed by atoms with Crippen LogP contribution in [-0.4, -0.2) is 53.7 Å². The van der Waals surface area contributed by atoms with Crippen molar-refractivity contribution in [3.8, 4) is 6.07 Å². The molecule has 0 unspecified atom stereocenters. The first-order chi connectivity index (χ1) is 12.2. The van der Waals surface area contributed by atoms with Crippen LogP contribution in [0.2, 0.25) is 0 Å². The second-order valence-corrected chi connectivity index (χ2v) is 5.78. The number of hydrogen-bond donors (Lipinski definition) is 1. The summed E-state index contributed by atoms with van der Waals surface area (Å²) >= 11 is 0. The molecule has 2 heterocycles. The molecule has 128 valence electrons. The lowest BCUT2D eigenvalue weighted by Crippen LogP contribution is -2.49. The standard InChI is InChI=1S/C18H20N6O/c1-2-20-16-7-8-17(22-21-16)23-9-11-24(12-10-23)18(25)15-5-3-14(13-19)4-6-15/h3-8H,2,9-12H2,1H3,(H,20,21). The Morgan fingerprint density at radius 3 is 2.40 bits per heavy atom. The van der Waals surface area contributed by atoms with Crippen LogP contribution in [0.15, 0.2) is 36.4 Å². The Morgan fingerprint density at radius 2 is 1.84 bits per heavy atom. The number of nitrogens with one attached hydrogen (secondary N) is 1. The van der Waals surface area contributed by atoms with E-state index in [1.807, 2.05) is 24.0 Å². The number of carbonyl (C=O) groups is 1. The van der Waals surface area contributed by atoms with Gasteiger partial charge in [-0.15, -0.1) is 10.2 Å². The molecule has 0 saturated carbocycles. The maximum Gasteiger partial charge on any atom is 0.253 e. The molecule has 1 aliphatic rings. The minimum Gasteiger partial charge on any atom is -0.369 e. The van der Waals surface area contributed by atoms with Crippen LogP contribution in [0.4, 0.5) is 11.6 Å². The average molecular weight is 336 g/mol. The largest absolute Gasteiger partial charge is 0.369 e. The van der Waals surface area contributed by atoms with Crippen molar-refractivity contribution < 1.29 is 4.79 Å². The highest BCUT2D eigenvalue weighted by atomic mass is 16.2. The van der Waals surface area contributed by atoms with Crippen molar-refractivity contribution in [2.45, 2.75) is 6.92 Å². The van der Waals surface area contributed by atoms with Gasteiger partial charge in [0.1, 0.15) is 5.82 Å². The second-order valence-electron chi connectivity index (χ2n) is 5.78. The molecule has 0 radical (unpaired) electrons. The Hall–Kier alpha value is -3.14. The number of anilines is 2. The lowest BCUT2D eigenvalue weighted by Gasteiger charge is -2.35. The number of nitriles is 1. The number of amides is 1. The first kappa shape index (κ1) is 16.7. The van der Waals surface area contributed by atoms with Crippen LogP contribution < -0.4 is 10.2 Å². The summed E-state index contributed by atoms with van der Waals surface area (Å²) in [4.78, 5) is 16.5. The second kappa shape index (κ2) is 7.62. The van der Waals surface area contributed by atoms with E-state index in [-0.39, 0.29) is 5.91 Å². The topological polar surface area (TPSA) is 85.1 Å². The van der Waals surface area contributed by atoms with Gasteiger partial charge in [0, 0.05) is 38.3 Å². The number of benzene rings is 1. The van der Waals surface area contributed by atoms with E-state index in [1.54, 1.807) is 24.3 Å². The molecule has 1 saturated heterocycles. The van der Waals surface area contributed by atoms with Crippen LogP contribution in [0, 0.1) is 11.3 Å². The van der Waals surface area contributed by atoms with Gasteiger partial charge in [-0.1, -0.05) is 0 Å². The minimum atomic E-state index is -0.00211. The molecule has 1 aromatic heterocycles. The maximum absolute atomic E-state index is 12.5. The molecular weight excluding hydrogens is 316 g/mol. The van der Waals surface area contributed by atoms with Gasteiger partial charge in [-0.3, -0.25) is 4.79 Å². The van der Waals surface area contributed by atoms with E-state index in [2.05, 4.69) is 26.5 Å². The van der Waals surface area contributed by atoms with Crippen molar-refractivity contribution in [2.24, 2.45) is 0 Å².